The summed E-state index contributed by atoms with van der Waals surface area (Å²) in [5.41, 5.74) is 1.72. The number of nitrogens with zero attached hydrogens (tertiary/aromatic N) is 1. The summed E-state index contributed by atoms with van der Waals surface area (Å²) in [4.78, 5) is 13.3. The Morgan fingerprint density at radius 2 is 2.12 bits per heavy atom. The number of anilines is 1. The molecule has 4 heteroatoms. The molecule has 3 nitrogen and oxygen atoms in total. The smallest absolute Gasteiger partial charge is 0.152 e. The number of carbonyl (C=O) groups excluding carboxylic acids is 1. The zero-order valence-electron chi connectivity index (χ0n) is 9.60. The van der Waals surface area contributed by atoms with Gasteiger partial charge in [0.25, 0.3) is 0 Å². The molecular weight excluding hydrogens is 282 g/mol. The van der Waals surface area contributed by atoms with E-state index in [1.54, 1.807) is 0 Å². The lowest BCUT2D eigenvalue weighted by molar-refractivity contribution is 0.112. The van der Waals surface area contributed by atoms with Gasteiger partial charge < -0.3 is 10.0 Å². The molecule has 1 heterocycles. The van der Waals surface area contributed by atoms with Crippen LogP contribution in [0, 0.1) is 5.92 Å². The number of piperidine rings is 1. The Morgan fingerprint density at radius 1 is 1.41 bits per heavy atom. The fourth-order valence-corrected chi connectivity index (χ4v) is 2.64. The average molecular weight is 298 g/mol. The molecule has 0 unspecified atom stereocenters. The van der Waals surface area contributed by atoms with Crippen molar-refractivity contribution in [1.29, 1.82) is 0 Å². The Hall–Kier alpha value is -0.870. The van der Waals surface area contributed by atoms with Crippen molar-refractivity contribution in [3.05, 3.63) is 28.2 Å². The Bertz CT molecular complexity index is 400. The summed E-state index contributed by atoms with van der Waals surface area (Å²) < 4.78 is 0.925. The van der Waals surface area contributed by atoms with Crippen molar-refractivity contribution in [2.45, 2.75) is 12.8 Å². The third-order valence-electron chi connectivity index (χ3n) is 3.33. The zero-order valence-corrected chi connectivity index (χ0v) is 11.2. The first-order chi connectivity index (χ1) is 8.24. The van der Waals surface area contributed by atoms with Crippen molar-refractivity contribution in [1.82, 2.24) is 0 Å². The molecule has 0 atom stereocenters. The molecule has 17 heavy (non-hydrogen) atoms. The molecule has 0 spiro atoms. The molecule has 1 aliphatic rings. The van der Waals surface area contributed by atoms with Crippen LogP contribution in [0.1, 0.15) is 23.2 Å². The summed E-state index contributed by atoms with van der Waals surface area (Å²) in [6.45, 7) is 2.09. The Balaban J connectivity index is 2.15. The zero-order chi connectivity index (χ0) is 12.3. The molecule has 0 amide bonds. The van der Waals surface area contributed by atoms with Crippen LogP contribution in [0.3, 0.4) is 0 Å². The predicted molar refractivity (Wildman–Crippen MR) is 71.6 cm³/mol. The minimum absolute atomic E-state index is 0.273. The van der Waals surface area contributed by atoms with Gasteiger partial charge in [-0.15, -0.1) is 0 Å². The van der Waals surface area contributed by atoms with Gasteiger partial charge in [-0.05, 0) is 37.0 Å². The van der Waals surface area contributed by atoms with Crippen LogP contribution >= 0.6 is 15.9 Å². The van der Waals surface area contributed by atoms with Crippen molar-refractivity contribution < 1.29 is 9.90 Å². The molecule has 1 fully saturated rings. The predicted octanol–water partition coefficient (Wildman–Crippen LogP) is 2.47. The first-order valence-electron chi connectivity index (χ1n) is 5.85. The van der Waals surface area contributed by atoms with Gasteiger partial charge in [-0.2, -0.15) is 0 Å². The molecule has 1 aromatic carbocycles. The number of benzene rings is 1. The highest BCUT2D eigenvalue weighted by Crippen LogP contribution is 2.27. The first kappa shape index (κ1) is 12.6. The van der Waals surface area contributed by atoms with Crippen LogP contribution in [-0.4, -0.2) is 31.1 Å². The molecule has 1 saturated heterocycles. The minimum Gasteiger partial charge on any atom is -0.396 e. The van der Waals surface area contributed by atoms with Crippen molar-refractivity contribution >= 4 is 27.9 Å². The second-order valence-corrected chi connectivity index (χ2v) is 5.35. The van der Waals surface area contributed by atoms with Gasteiger partial charge in [0, 0.05) is 35.4 Å². The third-order valence-corrected chi connectivity index (χ3v) is 3.82. The number of hydrogen-bond donors (Lipinski definition) is 1. The van der Waals surface area contributed by atoms with E-state index in [-0.39, 0.29) is 6.61 Å². The van der Waals surface area contributed by atoms with Crippen LogP contribution in [0.5, 0.6) is 0 Å². The lowest BCUT2D eigenvalue weighted by Crippen LogP contribution is -2.35. The lowest BCUT2D eigenvalue weighted by atomic mass is 9.97. The fourth-order valence-electron chi connectivity index (χ4n) is 2.26. The second-order valence-electron chi connectivity index (χ2n) is 4.43. The highest BCUT2D eigenvalue weighted by Gasteiger charge is 2.20. The highest BCUT2D eigenvalue weighted by molar-refractivity contribution is 9.10. The average Bonchev–Trinajstić information content (AvgIpc) is 2.39. The topological polar surface area (TPSA) is 40.5 Å². The van der Waals surface area contributed by atoms with E-state index in [0.717, 1.165) is 47.9 Å². The molecule has 1 N–H and O–H groups in total. The molecule has 0 aliphatic carbocycles. The molecule has 0 bridgehead atoms. The van der Waals surface area contributed by atoms with Gasteiger partial charge in [0.05, 0.1) is 0 Å². The number of rotatable bonds is 3. The number of hydrogen-bond acceptors (Lipinski definition) is 3. The molecule has 0 aromatic heterocycles. The molecule has 2 rings (SSSR count). The third kappa shape index (κ3) is 2.87. The van der Waals surface area contributed by atoms with Crippen molar-refractivity contribution in [2.24, 2.45) is 5.92 Å². The standard InChI is InChI=1S/C13H16BrNO2/c14-12-1-2-13(11(7-12)9-17)15-5-3-10(8-16)4-6-15/h1-2,7,9-10,16H,3-6,8H2. The van der Waals surface area contributed by atoms with Gasteiger partial charge in [-0.1, -0.05) is 15.9 Å². The van der Waals surface area contributed by atoms with E-state index in [4.69, 9.17) is 5.11 Å². The van der Waals surface area contributed by atoms with E-state index in [2.05, 4.69) is 20.8 Å². The summed E-state index contributed by atoms with van der Waals surface area (Å²) in [5.74, 6) is 0.418. The van der Waals surface area contributed by atoms with E-state index < -0.39 is 0 Å². The molecule has 1 aliphatic heterocycles. The summed E-state index contributed by atoms with van der Waals surface area (Å²) in [7, 11) is 0. The first-order valence-corrected chi connectivity index (χ1v) is 6.64. The maximum absolute atomic E-state index is 11.1. The summed E-state index contributed by atoms with van der Waals surface area (Å²) in [5, 5.41) is 9.10. The van der Waals surface area contributed by atoms with Crippen LogP contribution in [0.15, 0.2) is 22.7 Å². The van der Waals surface area contributed by atoms with Gasteiger partial charge in [0.2, 0.25) is 0 Å². The van der Waals surface area contributed by atoms with Gasteiger partial charge in [-0.3, -0.25) is 4.79 Å². The van der Waals surface area contributed by atoms with Crippen LogP contribution in [0.4, 0.5) is 5.69 Å². The highest BCUT2D eigenvalue weighted by atomic mass is 79.9. The van der Waals surface area contributed by atoms with E-state index in [0.29, 0.717) is 5.92 Å². The van der Waals surface area contributed by atoms with Gasteiger partial charge in [0.15, 0.2) is 6.29 Å². The SMILES string of the molecule is O=Cc1cc(Br)ccc1N1CCC(CO)CC1. The molecule has 0 radical (unpaired) electrons. The van der Waals surface area contributed by atoms with Crippen molar-refractivity contribution in [3.63, 3.8) is 0 Å². The summed E-state index contributed by atoms with van der Waals surface area (Å²) in [6.07, 6.45) is 2.88. The Labute approximate surface area is 110 Å². The quantitative estimate of drug-likeness (QED) is 0.872. The maximum Gasteiger partial charge on any atom is 0.152 e. The summed E-state index contributed by atoms with van der Waals surface area (Å²) >= 11 is 3.37. The summed E-state index contributed by atoms with van der Waals surface area (Å²) in [6, 6.07) is 5.79. The Kier molecular flexibility index (Phi) is 4.18. The van der Waals surface area contributed by atoms with E-state index in [1.165, 1.54) is 0 Å². The molecule has 0 saturated carbocycles. The monoisotopic (exact) mass is 297 g/mol. The molecule has 1 aromatic rings. The number of carbonyl (C=O) groups is 1. The largest absolute Gasteiger partial charge is 0.396 e. The van der Waals surface area contributed by atoms with Gasteiger partial charge >= 0.3 is 0 Å². The van der Waals surface area contributed by atoms with E-state index >= 15 is 0 Å². The van der Waals surface area contributed by atoms with Gasteiger partial charge in [0.1, 0.15) is 0 Å². The normalized spacial score (nSPS) is 17.2. The number of aliphatic hydroxyl groups is 1. The van der Waals surface area contributed by atoms with E-state index in [1.807, 2.05) is 18.2 Å². The lowest BCUT2D eigenvalue weighted by Gasteiger charge is -2.33. The number of aliphatic hydroxyl groups excluding tert-OH is 1. The van der Waals surface area contributed by atoms with Gasteiger partial charge in [-0.25, -0.2) is 0 Å². The van der Waals surface area contributed by atoms with Crippen molar-refractivity contribution in [3.8, 4) is 0 Å². The van der Waals surface area contributed by atoms with Crippen LogP contribution < -0.4 is 4.90 Å². The fraction of sp³-hybridized carbons (Fsp3) is 0.462. The molecule has 92 valence electrons. The van der Waals surface area contributed by atoms with Crippen LogP contribution in [0.25, 0.3) is 0 Å². The number of aldehydes is 1. The molecular formula is C13H16BrNO2. The second kappa shape index (κ2) is 5.65. The van der Waals surface area contributed by atoms with E-state index in [9.17, 15) is 4.79 Å². The maximum atomic E-state index is 11.1. The number of halogens is 1. The van der Waals surface area contributed by atoms with Crippen LogP contribution in [0.2, 0.25) is 0 Å². The van der Waals surface area contributed by atoms with Crippen molar-refractivity contribution in [2.75, 3.05) is 24.6 Å². The Morgan fingerprint density at radius 3 is 2.71 bits per heavy atom. The minimum atomic E-state index is 0.273. The van der Waals surface area contributed by atoms with Crippen LogP contribution in [-0.2, 0) is 0 Å².